The molecule has 1 saturated heterocycles. The van der Waals surface area contributed by atoms with Gasteiger partial charge in [0.1, 0.15) is 0 Å². The molecule has 0 bridgehead atoms. The molecule has 3 N–H and O–H groups in total. The van der Waals surface area contributed by atoms with Crippen LogP contribution in [0, 0.1) is 17.8 Å². The van der Waals surface area contributed by atoms with Crippen LogP contribution in [0.2, 0.25) is 0 Å². The molecule has 2 atom stereocenters. The fraction of sp³-hybridized carbons (Fsp3) is 0.857. The molecule has 2 unspecified atom stereocenters. The highest BCUT2D eigenvalue weighted by atomic mass is 16.4. The first-order chi connectivity index (χ1) is 9.18. The number of rotatable bonds is 4. The lowest BCUT2D eigenvalue weighted by atomic mass is 9.79. The molecule has 0 aromatic heterocycles. The molecule has 1 amide bonds. The summed E-state index contributed by atoms with van der Waals surface area (Å²) >= 11 is 0. The first-order valence-corrected chi connectivity index (χ1v) is 7.39. The average molecular weight is 268 g/mol. The van der Waals surface area contributed by atoms with Crippen LogP contribution in [-0.4, -0.2) is 36.6 Å². The molecule has 108 valence electrons. The third-order valence-electron chi connectivity index (χ3n) is 4.47. The summed E-state index contributed by atoms with van der Waals surface area (Å²) in [5.74, 6) is -0.663. The van der Waals surface area contributed by atoms with Crippen molar-refractivity contribution in [1.82, 2.24) is 10.6 Å². The van der Waals surface area contributed by atoms with Crippen molar-refractivity contribution in [3.63, 3.8) is 0 Å². The van der Waals surface area contributed by atoms with Crippen molar-refractivity contribution in [2.24, 2.45) is 17.8 Å². The number of piperidine rings is 1. The summed E-state index contributed by atoms with van der Waals surface area (Å²) in [4.78, 5) is 23.2. The van der Waals surface area contributed by atoms with E-state index in [-0.39, 0.29) is 23.7 Å². The minimum absolute atomic E-state index is 0.105. The van der Waals surface area contributed by atoms with Crippen LogP contribution >= 0.6 is 0 Å². The van der Waals surface area contributed by atoms with Crippen molar-refractivity contribution in [1.29, 1.82) is 0 Å². The third kappa shape index (κ3) is 3.93. The second kappa shape index (κ2) is 6.89. The first-order valence-electron chi connectivity index (χ1n) is 7.39. The Morgan fingerprint density at radius 2 is 1.79 bits per heavy atom. The number of aliphatic carboxylic acids is 1. The molecule has 5 heteroatoms. The Bertz CT molecular complexity index is 327. The van der Waals surface area contributed by atoms with Gasteiger partial charge in [-0.05, 0) is 44.7 Å². The van der Waals surface area contributed by atoms with Gasteiger partial charge in [0.05, 0.1) is 5.92 Å². The second-order valence-corrected chi connectivity index (χ2v) is 5.76. The Labute approximate surface area is 114 Å². The number of carbonyl (C=O) groups excluding carboxylic acids is 1. The summed E-state index contributed by atoms with van der Waals surface area (Å²) < 4.78 is 0. The fourth-order valence-electron chi connectivity index (χ4n) is 3.24. The van der Waals surface area contributed by atoms with E-state index in [0.717, 1.165) is 51.6 Å². The molecule has 0 aromatic rings. The largest absolute Gasteiger partial charge is 0.481 e. The first kappa shape index (κ1) is 14.3. The van der Waals surface area contributed by atoms with Crippen molar-refractivity contribution in [2.75, 3.05) is 19.6 Å². The van der Waals surface area contributed by atoms with Crippen molar-refractivity contribution in [3.05, 3.63) is 0 Å². The van der Waals surface area contributed by atoms with Crippen LogP contribution in [0.5, 0.6) is 0 Å². The number of carboxylic acid groups (broad SMARTS) is 1. The maximum absolute atomic E-state index is 12.0. The van der Waals surface area contributed by atoms with E-state index >= 15 is 0 Å². The molecule has 19 heavy (non-hydrogen) atoms. The molecule has 1 aliphatic carbocycles. The van der Waals surface area contributed by atoms with E-state index in [9.17, 15) is 14.7 Å². The number of hydrogen-bond donors (Lipinski definition) is 3. The number of nitrogens with one attached hydrogen (secondary N) is 2. The highest BCUT2D eigenvalue weighted by molar-refractivity contribution is 5.79. The molecular formula is C14H24N2O3. The summed E-state index contributed by atoms with van der Waals surface area (Å²) in [5.41, 5.74) is 0. The maximum atomic E-state index is 12.0. The van der Waals surface area contributed by atoms with Gasteiger partial charge in [-0.3, -0.25) is 9.59 Å². The summed E-state index contributed by atoms with van der Waals surface area (Å²) in [5, 5.41) is 15.4. The highest BCUT2D eigenvalue weighted by Crippen LogP contribution is 2.29. The number of carbonyl (C=O) groups is 2. The fourth-order valence-corrected chi connectivity index (χ4v) is 3.24. The van der Waals surface area contributed by atoms with Gasteiger partial charge in [-0.2, -0.15) is 0 Å². The third-order valence-corrected chi connectivity index (χ3v) is 4.47. The van der Waals surface area contributed by atoms with Gasteiger partial charge in [-0.25, -0.2) is 0 Å². The van der Waals surface area contributed by atoms with Crippen molar-refractivity contribution in [3.8, 4) is 0 Å². The lowest BCUT2D eigenvalue weighted by molar-refractivity contribution is -0.145. The summed E-state index contributed by atoms with van der Waals surface area (Å²) in [6.45, 7) is 2.33. The number of carboxylic acids is 1. The Morgan fingerprint density at radius 3 is 2.47 bits per heavy atom. The van der Waals surface area contributed by atoms with E-state index in [2.05, 4.69) is 10.6 Å². The van der Waals surface area contributed by atoms with E-state index in [1.54, 1.807) is 0 Å². The standard InChI is InChI=1S/C14H24N2O3/c17-13(10-5-7-15-8-6-10)16-9-11-3-1-2-4-12(11)14(18)19/h10-12,15H,1-9H2,(H,16,17)(H,18,19). The van der Waals surface area contributed by atoms with Crippen LogP contribution in [0.25, 0.3) is 0 Å². The molecule has 0 aromatic carbocycles. The molecular weight excluding hydrogens is 244 g/mol. The molecule has 1 saturated carbocycles. The normalized spacial score (nSPS) is 28.8. The highest BCUT2D eigenvalue weighted by Gasteiger charge is 2.31. The topological polar surface area (TPSA) is 78.4 Å². The van der Waals surface area contributed by atoms with Gasteiger partial charge in [0, 0.05) is 12.5 Å². The van der Waals surface area contributed by atoms with Crippen LogP contribution in [0.3, 0.4) is 0 Å². The smallest absolute Gasteiger partial charge is 0.306 e. The molecule has 2 fully saturated rings. The van der Waals surface area contributed by atoms with Gasteiger partial charge in [0.2, 0.25) is 5.91 Å². The lowest BCUT2D eigenvalue weighted by Crippen LogP contribution is -2.42. The second-order valence-electron chi connectivity index (χ2n) is 5.76. The molecule has 2 rings (SSSR count). The van der Waals surface area contributed by atoms with E-state index in [1.165, 1.54) is 0 Å². The molecule has 2 aliphatic rings. The number of hydrogen-bond acceptors (Lipinski definition) is 3. The van der Waals surface area contributed by atoms with E-state index in [0.29, 0.717) is 6.54 Å². The molecule has 5 nitrogen and oxygen atoms in total. The monoisotopic (exact) mass is 268 g/mol. The predicted octanol–water partition coefficient (Wildman–Crippen LogP) is 0.993. The van der Waals surface area contributed by atoms with Crippen LogP contribution in [0.4, 0.5) is 0 Å². The molecule has 1 aliphatic heterocycles. The Morgan fingerprint density at radius 1 is 1.11 bits per heavy atom. The lowest BCUT2D eigenvalue weighted by Gasteiger charge is -2.29. The summed E-state index contributed by atoms with van der Waals surface area (Å²) in [7, 11) is 0. The zero-order chi connectivity index (χ0) is 13.7. The van der Waals surface area contributed by atoms with E-state index in [1.807, 2.05) is 0 Å². The molecule has 1 heterocycles. The average Bonchev–Trinajstić information content (AvgIpc) is 2.46. The van der Waals surface area contributed by atoms with Crippen molar-refractivity contribution < 1.29 is 14.7 Å². The number of amides is 1. The van der Waals surface area contributed by atoms with Crippen LogP contribution in [-0.2, 0) is 9.59 Å². The van der Waals surface area contributed by atoms with E-state index in [4.69, 9.17) is 0 Å². The van der Waals surface area contributed by atoms with Gasteiger partial charge in [0.25, 0.3) is 0 Å². The van der Waals surface area contributed by atoms with Gasteiger partial charge >= 0.3 is 5.97 Å². The zero-order valence-electron chi connectivity index (χ0n) is 11.4. The van der Waals surface area contributed by atoms with Gasteiger partial charge in [-0.15, -0.1) is 0 Å². The van der Waals surface area contributed by atoms with E-state index < -0.39 is 5.97 Å². The minimum atomic E-state index is -0.708. The summed E-state index contributed by atoms with van der Waals surface area (Å²) in [6, 6.07) is 0. The van der Waals surface area contributed by atoms with Crippen LogP contribution in [0.1, 0.15) is 38.5 Å². The van der Waals surface area contributed by atoms with Crippen LogP contribution < -0.4 is 10.6 Å². The molecule has 0 spiro atoms. The Hall–Kier alpha value is -1.10. The Balaban J connectivity index is 1.79. The predicted molar refractivity (Wildman–Crippen MR) is 71.7 cm³/mol. The van der Waals surface area contributed by atoms with Gasteiger partial charge < -0.3 is 15.7 Å². The maximum Gasteiger partial charge on any atom is 0.306 e. The van der Waals surface area contributed by atoms with Crippen LogP contribution in [0.15, 0.2) is 0 Å². The quantitative estimate of drug-likeness (QED) is 0.710. The summed E-state index contributed by atoms with van der Waals surface area (Å²) in [6.07, 6.45) is 5.53. The van der Waals surface area contributed by atoms with Gasteiger partial charge in [-0.1, -0.05) is 12.8 Å². The Kier molecular flexibility index (Phi) is 5.19. The van der Waals surface area contributed by atoms with Crippen molar-refractivity contribution >= 4 is 11.9 Å². The van der Waals surface area contributed by atoms with Crippen molar-refractivity contribution in [2.45, 2.75) is 38.5 Å². The van der Waals surface area contributed by atoms with Gasteiger partial charge in [0.15, 0.2) is 0 Å². The molecule has 0 radical (unpaired) electrons. The SMILES string of the molecule is O=C(NCC1CCCCC1C(=O)O)C1CCNCC1. The minimum Gasteiger partial charge on any atom is -0.481 e. The zero-order valence-corrected chi connectivity index (χ0v) is 11.4.